The van der Waals surface area contributed by atoms with Crippen LogP contribution in [0, 0.1) is 6.92 Å². The molecule has 0 bridgehead atoms. The molecule has 1 aromatic heterocycles. The van der Waals surface area contributed by atoms with Crippen molar-refractivity contribution in [3.8, 4) is 22.8 Å². The van der Waals surface area contributed by atoms with Crippen LogP contribution >= 0.6 is 0 Å². The van der Waals surface area contributed by atoms with Gasteiger partial charge in [-0.15, -0.1) is 8.78 Å². The summed E-state index contributed by atoms with van der Waals surface area (Å²) >= 11 is 0. The molecule has 2 heterocycles. The number of ketones is 1. The number of carbonyl (C=O) groups is 1. The Morgan fingerprint density at radius 2 is 1.83 bits per heavy atom. The lowest BCUT2D eigenvalue weighted by atomic mass is 9.88. The number of sulfonamides is 1. The number of hydrogen-bond acceptors (Lipinski definition) is 6. The number of aromatic nitrogens is 1. The number of nitrogens with one attached hydrogen (secondary N) is 1. The number of fused-ring (bicyclic) bond motifs is 1. The monoisotopic (exact) mass is 516 g/mol. The van der Waals surface area contributed by atoms with Gasteiger partial charge in [0.2, 0.25) is 10.0 Å². The number of benzene rings is 2. The maximum absolute atomic E-state index is 13.4. The van der Waals surface area contributed by atoms with Crippen molar-refractivity contribution < 1.29 is 32.9 Å². The number of halogens is 2. The average Bonchev–Trinajstić information content (AvgIpc) is 3.56. The molecule has 10 heteroatoms. The number of pyridine rings is 1. The smallest absolute Gasteiger partial charge is 0.395 e. The molecule has 0 saturated heterocycles. The zero-order valence-corrected chi connectivity index (χ0v) is 20.5. The zero-order chi connectivity index (χ0) is 25.7. The Bertz CT molecular complexity index is 1480. The summed E-state index contributed by atoms with van der Waals surface area (Å²) in [5, 5.41) is 0. The van der Waals surface area contributed by atoms with Crippen LogP contribution in [0.15, 0.2) is 54.6 Å². The van der Waals surface area contributed by atoms with Gasteiger partial charge in [0.25, 0.3) is 0 Å². The van der Waals surface area contributed by atoms with Crippen LogP contribution in [0.5, 0.6) is 11.5 Å². The second-order valence-electron chi connectivity index (χ2n) is 9.27. The number of ether oxygens (including phenoxy) is 2. The normalized spacial score (nSPS) is 17.1. The van der Waals surface area contributed by atoms with E-state index in [9.17, 15) is 22.0 Å². The van der Waals surface area contributed by atoms with Crippen molar-refractivity contribution in [2.75, 3.05) is 6.26 Å². The maximum Gasteiger partial charge on any atom is 0.586 e. The minimum atomic E-state index is -3.71. The van der Waals surface area contributed by atoms with Crippen LogP contribution < -0.4 is 14.2 Å². The van der Waals surface area contributed by atoms with Gasteiger partial charge in [-0.25, -0.2) is 13.1 Å². The number of carbonyl (C=O) groups excluding carboxylic acids is 1. The van der Waals surface area contributed by atoms with Crippen molar-refractivity contribution in [2.24, 2.45) is 0 Å². The minimum absolute atomic E-state index is 0. The zero-order valence-electron chi connectivity index (χ0n) is 19.7. The summed E-state index contributed by atoms with van der Waals surface area (Å²) in [6.07, 6.45) is -1.27. The molecule has 5 rings (SSSR count). The molecule has 0 unspecified atom stereocenters. The highest BCUT2D eigenvalue weighted by atomic mass is 32.2. The Labute approximate surface area is 209 Å². The molecule has 1 saturated carbocycles. The van der Waals surface area contributed by atoms with Crippen LogP contribution in [0.25, 0.3) is 11.3 Å². The van der Waals surface area contributed by atoms with Crippen molar-refractivity contribution in [1.82, 2.24) is 9.71 Å². The highest BCUT2D eigenvalue weighted by molar-refractivity contribution is 7.88. The van der Waals surface area contributed by atoms with Gasteiger partial charge >= 0.3 is 6.29 Å². The minimum Gasteiger partial charge on any atom is -0.395 e. The number of hydrogen-bond donors (Lipinski definition) is 1. The number of aryl methyl sites for hydroxylation is 1. The standard InChI is InChI=1S/C26H24F2N2O5S.H2/c1-16-6-8-20(30-24(16)18-5-3-4-17(12-18)15-29-36(2,32)33)14-23(31)25(10-11-25)19-7-9-21-22(13-19)35-26(27,28)34-21;/h3-9,12-13,29H,10-11,14-15H2,1-2H3;1H. The predicted octanol–water partition coefficient (Wildman–Crippen LogP) is 4.52. The number of nitrogens with zero attached hydrogens (tertiary/aromatic N) is 1. The van der Waals surface area contributed by atoms with Gasteiger partial charge in [0.1, 0.15) is 5.78 Å². The summed E-state index contributed by atoms with van der Waals surface area (Å²) in [7, 11) is -3.32. The Kier molecular flexibility index (Phi) is 5.83. The van der Waals surface area contributed by atoms with E-state index in [0.29, 0.717) is 29.8 Å². The number of Topliss-reactive ketones (excluding diaryl/α,β-unsaturated/α-hetero) is 1. The first-order chi connectivity index (χ1) is 16.9. The molecule has 190 valence electrons. The van der Waals surface area contributed by atoms with Gasteiger partial charge in [0.15, 0.2) is 11.5 Å². The third kappa shape index (κ3) is 4.96. The van der Waals surface area contributed by atoms with E-state index in [1.807, 2.05) is 43.3 Å². The summed E-state index contributed by atoms with van der Waals surface area (Å²) in [6.45, 7) is 2.08. The molecule has 0 radical (unpaired) electrons. The summed E-state index contributed by atoms with van der Waals surface area (Å²) < 4.78 is 61.2. The van der Waals surface area contributed by atoms with Gasteiger partial charge < -0.3 is 9.47 Å². The topological polar surface area (TPSA) is 94.6 Å². The molecule has 1 N–H and O–H groups in total. The second kappa shape index (κ2) is 8.63. The van der Waals surface area contributed by atoms with E-state index in [4.69, 9.17) is 4.98 Å². The molecule has 0 amide bonds. The average molecular weight is 517 g/mol. The number of rotatable bonds is 8. The fourth-order valence-electron chi connectivity index (χ4n) is 4.44. The Hall–Kier alpha value is -3.37. The van der Waals surface area contributed by atoms with Gasteiger partial charge in [0, 0.05) is 25.6 Å². The van der Waals surface area contributed by atoms with E-state index in [1.54, 1.807) is 6.07 Å². The summed E-state index contributed by atoms with van der Waals surface area (Å²) in [6, 6.07) is 15.6. The third-order valence-corrected chi connectivity index (χ3v) is 7.14. The first-order valence-electron chi connectivity index (χ1n) is 11.4. The summed E-state index contributed by atoms with van der Waals surface area (Å²) in [5.41, 5.74) is 3.69. The second-order valence-corrected chi connectivity index (χ2v) is 11.1. The predicted molar refractivity (Wildman–Crippen MR) is 130 cm³/mol. The molecule has 1 aliphatic heterocycles. The third-order valence-electron chi connectivity index (χ3n) is 6.47. The van der Waals surface area contributed by atoms with E-state index >= 15 is 0 Å². The first-order valence-corrected chi connectivity index (χ1v) is 13.3. The van der Waals surface area contributed by atoms with Crippen LogP contribution in [-0.4, -0.2) is 31.7 Å². The molecular formula is C26H26F2N2O5S. The van der Waals surface area contributed by atoms with Crippen LogP contribution in [0.1, 0.15) is 36.7 Å². The summed E-state index contributed by atoms with van der Waals surface area (Å²) in [5.74, 6) is -0.162. The van der Waals surface area contributed by atoms with Crippen LogP contribution in [0.3, 0.4) is 0 Å². The van der Waals surface area contributed by atoms with Crippen molar-refractivity contribution >= 4 is 15.8 Å². The fourth-order valence-corrected chi connectivity index (χ4v) is 4.87. The molecular weight excluding hydrogens is 490 g/mol. The van der Waals surface area contributed by atoms with E-state index in [2.05, 4.69) is 14.2 Å². The van der Waals surface area contributed by atoms with Crippen molar-refractivity contribution in [2.45, 2.75) is 44.4 Å². The van der Waals surface area contributed by atoms with Gasteiger partial charge in [-0.05, 0) is 60.7 Å². The molecule has 1 fully saturated rings. The highest BCUT2D eigenvalue weighted by Gasteiger charge is 2.52. The molecule has 2 aromatic carbocycles. The lowest BCUT2D eigenvalue weighted by Gasteiger charge is -2.16. The van der Waals surface area contributed by atoms with Crippen LogP contribution in [0.4, 0.5) is 8.78 Å². The highest BCUT2D eigenvalue weighted by Crippen LogP contribution is 2.52. The summed E-state index contributed by atoms with van der Waals surface area (Å²) in [4.78, 5) is 18.1. The Morgan fingerprint density at radius 3 is 2.56 bits per heavy atom. The SMILES string of the molecule is Cc1ccc(CC(=O)C2(c3ccc4c(c3)OC(F)(F)O4)CC2)nc1-c1cccc(CNS(C)(=O)=O)c1.[HH]. The molecule has 3 aromatic rings. The molecule has 0 atom stereocenters. The largest absolute Gasteiger partial charge is 0.586 e. The first kappa shape index (κ1) is 24.3. The molecule has 7 nitrogen and oxygen atoms in total. The quantitative estimate of drug-likeness (QED) is 0.473. The fraction of sp³-hybridized carbons (Fsp3) is 0.308. The molecule has 0 spiro atoms. The van der Waals surface area contributed by atoms with Gasteiger partial charge in [0.05, 0.1) is 17.4 Å². The molecule has 2 aliphatic rings. The lowest BCUT2D eigenvalue weighted by molar-refractivity contribution is -0.286. The van der Waals surface area contributed by atoms with Crippen LogP contribution in [0.2, 0.25) is 0 Å². The maximum atomic E-state index is 13.4. The molecule has 1 aliphatic carbocycles. The van der Waals surface area contributed by atoms with E-state index in [1.165, 1.54) is 12.1 Å². The van der Waals surface area contributed by atoms with E-state index in [-0.39, 0.29) is 31.7 Å². The molecule has 36 heavy (non-hydrogen) atoms. The van der Waals surface area contributed by atoms with Gasteiger partial charge in [-0.3, -0.25) is 9.78 Å². The van der Waals surface area contributed by atoms with E-state index in [0.717, 1.165) is 22.9 Å². The Morgan fingerprint density at radius 1 is 1.08 bits per heavy atom. The lowest BCUT2D eigenvalue weighted by Crippen LogP contribution is -2.26. The Balaban J connectivity index is 0.00000320. The van der Waals surface area contributed by atoms with Gasteiger partial charge in [-0.1, -0.05) is 30.3 Å². The van der Waals surface area contributed by atoms with Crippen molar-refractivity contribution in [1.29, 1.82) is 0 Å². The van der Waals surface area contributed by atoms with Gasteiger partial charge in [-0.2, -0.15) is 0 Å². The number of alkyl halides is 2. The van der Waals surface area contributed by atoms with Crippen LogP contribution in [-0.2, 0) is 33.2 Å². The van der Waals surface area contributed by atoms with Crippen molar-refractivity contribution in [3.05, 3.63) is 77.0 Å². The van der Waals surface area contributed by atoms with E-state index < -0.39 is 21.7 Å². The van der Waals surface area contributed by atoms with Crippen molar-refractivity contribution in [3.63, 3.8) is 0 Å².